The highest BCUT2D eigenvalue weighted by atomic mass is 32.1. The Bertz CT molecular complexity index is 353. The maximum absolute atomic E-state index is 4.09. The highest BCUT2D eigenvalue weighted by Gasteiger charge is 2.15. The van der Waals surface area contributed by atoms with Crippen LogP contribution in [0.5, 0.6) is 0 Å². The second-order valence-electron chi connectivity index (χ2n) is 4.37. The van der Waals surface area contributed by atoms with Gasteiger partial charge in [-0.3, -0.25) is 4.99 Å². The van der Waals surface area contributed by atoms with Gasteiger partial charge in [0.05, 0.1) is 0 Å². The normalized spacial score (nSPS) is 13.0. The zero-order chi connectivity index (χ0) is 10.8. The van der Waals surface area contributed by atoms with Crippen molar-refractivity contribution in [2.45, 2.75) is 27.7 Å². The number of aryl methyl sites for hydroxylation is 1. The smallest absolute Gasteiger partial charge is 0.0456 e. The van der Waals surface area contributed by atoms with Crippen LogP contribution in [0.4, 0.5) is 0 Å². The van der Waals surface area contributed by atoms with Crippen LogP contribution >= 0.6 is 11.3 Å². The molecule has 1 heterocycles. The maximum Gasteiger partial charge on any atom is 0.0456 e. The van der Waals surface area contributed by atoms with Crippen molar-refractivity contribution in [2.75, 3.05) is 0 Å². The summed E-state index contributed by atoms with van der Waals surface area (Å²) in [5.74, 6) is 0. The van der Waals surface area contributed by atoms with Crippen molar-refractivity contribution in [3.63, 3.8) is 0 Å². The molecule has 14 heavy (non-hydrogen) atoms. The van der Waals surface area contributed by atoms with Gasteiger partial charge in [-0.05, 0) is 36.7 Å². The van der Waals surface area contributed by atoms with E-state index in [0.29, 0.717) is 0 Å². The largest absolute Gasteiger partial charge is 0.269 e. The number of hydrogen-bond acceptors (Lipinski definition) is 2. The van der Waals surface area contributed by atoms with Crippen LogP contribution in [0, 0.1) is 12.3 Å². The van der Waals surface area contributed by atoms with Crippen molar-refractivity contribution < 1.29 is 0 Å². The number of aliphatic imine (C=N–C) groups is 1. The summed E-state index contributed by atoms with van der Waals surface area (Å²) in [6.45, 7) is 12.2. The summed E-state index contributed by atoms with van der Waals surface area (Å²) in [6, 6.07) is 2.12. The first-order valence-corrected chi connectivity index (χ1v) is 5.56. The summed E-state index contributed by atoms with van der Waals surface area (Å²) in [7, 11) is 0. The van der Waals surface area contributed by atoms with Crippen molar-refractivity contribution in [1.29, 1.82) is 0 Å². The number of thiophene rings is 1. The van der Waals surface area contributed by atoms with Gasteiger partial charge < -0.3 is 0 Å². The molecule has 0 N–H and O–H groups in total. The number of rotatable bonds is 2. The first-order valence-electron chi connectivity index (χ1n) is 4.68. The number of hydrogen-bond donors (Lipinski definition) is 0. The molecule has 1 nitrogen and oxygen atoms in total. The quantitative estimate of drug-likeness (QED) is 0.646. The fraction of sp³-hybridized carbons (Fsp3) is 0.417. The molecule has 0 aliphatic carbocycles. The maximum atomic E-state index is 4.09. The second kappa shape index (κ2) is 4.09. The summed E-state index contributed by atoms with van der Waals surface area (Å²) in [5.41, 5.74) is 2.36. The standard InChI is InChI=1S/C12H17NS/c1-9-10(6-7-14-9)8-11(13-5)12(2,3)4/h6-8H,5H2,1-4H3/b11-8-. The van der Waals surface area contributed by atoms with E-state index in [9.17, 15) is 0 Å². The zero-order valence-electron chi connectivity index (χ0n) is 9.29. The molecule has 0 fully saturated rings. The van der Waals surface area contributed by atoms with Gasteiger partial charge in [-0.2, -0.15) is 0 Å². The molecule has 0 saturated heterocycles. The Hall–Kier alpha value is -0.890. The Morgan fingerprint density at radius 2 is 2.14 bits per heavy atom. The molecule has 0 amide bonds. The van der Waals surface area contributed by atoms with Gasteiger partial charge in [-0.15, -0.1) is 11.3 Å². The van der Waals surface area contributed by atoms with E-state index in [1.54, 1.807) is 11.3 Å². The van der Waals surface area contributed by atoms with E-state index in [-0.39, 0.29) is 5.41 Å². The molecular formula is C12H17NS. The van der Waals surface area contributed by atoms with Crippen molar-refractivity contribution in [3.8, 4) is 0 Å². The topological polar surface area (TPSA) is 12.4 Å². The molecule has 0 atom stereocenters. The molecule has 1 rings (SSSR count). The van der Waals surface area contributed by atoms with Crippen LogP contribution in [0.25, 0.3) is 6.08 Å². The van der Waals surface area contributed by atoms with Gasteiger partial charge in [0.15, 0.2) is 0 Å². The minimum atomic E-state index is 0.0656. The van der Waals surface area contributed by atoms with Crippen LogP contribution in [0.1, 0.15) is 31.2 Å². The predicted octanol–water partition coefficient (Wildman–Crippen LogP) is 4.14. The molecule has 0 saturated carbocycles. The van der Waals surface area contributed by atoms with Crippen molar-refractivity contribution >= 4 is 24.1 Å². The van der Waals surface area contributed by atoms with Crippen molar-refractivity contribution in [2.24, 2.45) is 10.4 Å². The van der Waals surface area contributed by atoms with Gasteiger partial charge in [-0.25, -0.2) is 0 Å². The number of nitrogens with zero attached hydrogens (tertiary/aromatic N) is 1. The monoisotopic (exact) mass is 207 g/mol. The van der Waals surface area contributed by atoms with Gasteiger partial charge in [0.2, 0.25) is 0 Å². The third kappa shape index (κ3) is 2.55. The second-order valence-corrected chi connectivity index (χ2v) is 5.49. The summed E-state index contributed by atoms with van der Waals surface area (Å²) in [4.78, 5) is 5.42. The lowest BCUT2D eigenvalue weighted by molar-refractivity contribution is 0.503. The average molecular weight is 207 g/mol. The van der Waals surface area contributed by atoms with Gasteiger partial charge >= 0.3 is 0 Å². The van der Waals surface area contributed by atoms with Crippen LogP contribution in [-0.4, -0.2) is 6.72 Å². The fourth-order valence-corrected chi connectivity index (χ4v) is 1.87. The summed E-state index contributed by atoms with van der Waals surface area (Å²) < 4.78 is 0. The van der Waals surface area contributed by atoms with Crippen LogP contribution in [-0.2, 0) is 0 Å². The van der Waals surface area contributed by atoms with Gasteiger partial charge in [-0.1, -0.05) is 20.8 Å². The van der Waals surface area contributed by atoms with E-state index in [4.69, 9.17) is 0 Å². The summed E-state index contributed by atoms with van der Waals surface area (Å²) in [5, 5.41) is 2.10. The Labute approximate surface area is 90.2 Å². The van der Waals surface area contributed by atoms with E-state index in [1.165, 1.54) is 10.4 Å². The Morgan fingerprint density at radius 3 is 2.50 bits per heavy atom. The molecule has 0 aliphatic heterocycles. The summed E-state index contributed by atoms with van der Waals surface area (Å²) >= 11 is 1.76. The molecule has 1 aromatic rings. The molecule has 0 radical (unpaired) electrons. The summed E-state index contributed by atoms with van der Waals surface area (Å²) in [6.07, 6.45) is 2.12. The minimum absolute atomic E-state index is 0.0656. The first-order chi connectivity index (χ1) is 6.45. The molecular weight excluding hydrogens is 190 g/mol. The lowest BCUT2D eigenvalue weighted by Crippen LogP contribution is -2.07. The van der Waals surface area contributed by atoms with E-state index >= 15 is 0 Å². The predicted molar refractivity (Wildman–Crippen MR) is 66.0 cm³/mol. The van der Waals surface area contributed by atoms with E-state index in [0.717, 1.165) is 5.70 Å². The average Bonchev–Trinajstić information content (AvgIpc) is 2.45. The lowest BCUT2D eigenvalue weighted by atomic mass is 9.91. The van der Waals surface area contributed by atoms with Gasteiger partial charge in [0.25, 0.3) is 0 Å². The van der Waals surface area contributed by atoms with Crippen LogP contribution in [0.15, 0.2) is 22.1 Å². The van der Waals surface area contributed by atoms with Crippen molar-refractivity contribution in [3.05, 3.63) is 27.6 Å². The molecule has 76 valence electrons. The van der Waals surface area contributed by atoms with E-state index in [1.807, 2.05) is 0 Å². The van der Waals surface area contributed by atoms with E-state index in [2.05, 4.69) is 56.9 Å². The zero-order valence-corrected chi connectivity index (χ0v) is 10.1. The van der Waals surface area contributed by atoms with Gasteiger partial charge in [0.1, 0.15) is 0 Å². The Morgan fingerprint density at radius 1 is 1.50 bits per heavy atom. The SMILES string of the molecule is C=N/C(=C\c1ccsc1C)C(C)(C)C. The molecule has 0 aromatic carbocycles. The third-order valence-corrected chi connectivity index (χ3v) is 2.99. The lowest BCUT2D eigenvalue weighted by Gasteiger charge is -2.18. The molecule has 1 aromatic heterocycles. The molecule has 0 aliphatic rings. The molecule has 0 bridgehead atoms. The third-order valence-electron chi connectivity index (χ3n) is 2.13. The fourth-order valence-electron chi connectivity index (χ4n) is 1.19. The van der Waals surface area contributed by atoms with E-state index < -0.39 is 0 Å². The number of allylic oxidation sites excluding steroid dienone is 1. The molecule has 0 unspecified atom stereocenters. The van der Waals surface area contributed by atoms with Crippen LogP contribution < -0.4 is 0 Å². The molecule has 2 heteroatoms. The molecule has 0 spiro atoms. The Balaban J connectivity index is 3.08. The first kappa shape index (κ1) is 11.2. The van der Waals surface area contributed by atoms with Crippen LogP contribution in [0.3, 0.4) is 0 Å². The van der Waals surface area contributed by atoms with Crippen LogP contribution in [0.2, 0.25) is 0 Å². The highest BCUT2D eigenvalue weighted by molar-refractivity contribution is 7.10. The minimum Gasteiger partial charge on any atom is -0.269 e. The van der Waals surface area contributed by atoms with Gasteiger partial charge in [0, 0.05) is 16.0 Å². The van der Waals surface area contributed by atoms with Crippen molar-refractivity contribution in [1.82, 2.24) is 0 Å². The highest BCUT2D eigenvalue weighted by Crippen LogP contribution is 2.29. The Kier molecular flexibility index (Phi) is 3.27.